The molecular weight excluding hydrogens is 268 g/mol. The molecule has 0 aromatic heterocycles. The highest BCUT2D eigenvalue weighted by molar-refractivity contribution is 5.75. The summed E-state index contributed by atoms with van der Waals surface area (Å²) < 4.78 is 0. The summed E-state index contributed by atoms with van der Waals surface area (Å²) in [5, 5.41) is 12.2. The van der Waals surface area contributed by atoms with Gasteiger partial charge in [0.25, 0.3) is 0 Å². The van der Waals surface area contributed by atoms with Crippen LogP contribution in [0.5, 0.6) is 0 Å². The second-order valence-corrected chi connectivity index (χ2v) is 7.15. The normalized spacial score (nSPS) is 28.4. The van der Waals surface area contributed by atoms with Crippen LogP contribution in [0.4, 0.5) is 4.79 Å². The van der Waals surface area contributed by atoms with Crippen LogP contribution in [-0.2, 0) is 4.79 Å². The summed E-state index contributed by atoms with van der Waals surface area (Å²) in [6.45, 7) is 6.45. The molecule has 0 radical (unpaired) electrons. The van der Waals surface area contributed by atoms with E-state index in [9.17, 15) is 9.59 Å². The second-order valence-electron chi connectivity index (χ2n) is 7.15. The van der Waals surface area contributed by atoms with Crippen molar-refractivity contribution in [3.05, 3.63) is 0 Å². The Bertz CT molecular complexity index is 381. The molecule has 2 fully saturated rings. The standard InChI is InChI=1S/C16H28N2O3/c1-12-9-18(10-13(12)2)15(21)17-11-16(8-14(19)20)6-4-3-5-7-16/h12-13H,3-11H2,1-2H3,(H,17,21)(H,19,20). The second kappa shape index (κ2) is 6.67. The summed E-state index contributed by atoms with van der Waals surface area (Å²) in [6, 6.07) is -0.0264. The van der Waals surface area contributed by atoms with E-state index in [2.05, 4.69) is 19.2 Å². The Hall–Kier alpha value is -1.26. The molecule has 0 bridgehead atoms. The van der Waals surface area contributed by atoms with Gasteiger partial charge in [-0.2, -0.15) is 0 Å². The molecule has 5 heteroatoms. The molecule has 1 aliphatic heterocycles. The van der Waals surface area contributed by atoms with Crippen molar-refractivity contribution >= 4 is 12.0 Å². The highest BCUT2D eigenvalue weighted by atomic mass is 16.4. The maximum atomic E-state index is 12.3. The number of likely N-dealkylation sites (tertiary alicyclic amines) is 1. The van der Waals surface area contributed by atoms with Crippen molar-refractivity contribution in [3.63, 3.8) is 0 Å². The van der Waals surface area contributed by atoms with Gasteiger partial charge < -0.3 is 15.3 Å². The number of carbonyl (C=O) groups is 2. The molecule has 21 heavy (non-hydrogen) atoms. The molecule has 5 nitrogen and oxygen atoms in total. The predicted molar refractivity (Wildman–Crippen MR) is 81.1 cm³/mol. The van der Waals surface area contributed by atoms with Crippen molar-refractivity contribution in [1.29, 1.82) is 0 Å². The average Bonchev–Trinajstić information content (AvgIpc) is 2.76. The number of amides is 2. The lowest BCUT2D eigenvalue weighted by atomic mass is 9.72. The average molecular weight is 296 g/mol. The Morgan fingerprint density at radius 3 is 2.24 bits per heavy atom. The van der Waals surface area contributed by atoms with Gasteiger partial charge in [0.1, 0.15) is 0 Å². The smallest absolute Gasteiger partial charge is 0.317 e. The molecule has 1 saturated carbocycles. The lowest BCUT2D eigenvalue weighted by molar-refractivity contribution is -0.140. The van der Waals surface area contributed by atoms with Gasteiger partial charge in [-0.15, -0.1) is 0 Å². The van der Waals surface area contributed by atoms with Crippen LogP contribution in [-0.4, -0.2) is 41.6 Å². The number of hydrogen-bond acceptors (Lipinski definition) is 2. The number of nitrogens with one attached hydrogen (secondary N) is 1. The Kier molecular flexibility index (Phi) is 5.12. The maximum absolute atomic E-state index is 12.3. The van der Waals surface area contributed by atoms with Gasteiger partial charge in [-0.3, -0.25) is 4.79 Å². The molecular formula is C16H28N2O3. The van der Waals surface area contributed by atoms with Crippen molar-refractivity contribution in [1.82, 2.24) is 10.2 Å². The molecule has 2 N–H and O–H groups in total. The van der Waals surface area contributed by atoms with E-state index in [0.717, 1.165) is 38.8 Å². The Morgan fingerprint density at radius 1 is 1.14 bits per heavy atom. The number of carboxylic acids is 1. The molecule has 1 heterocycles. The molecule has 1 aliphatic carbocycles. The maximum Gasteiger partial charge on any atom is 0.317 e. The third-order valence-electron chi connectivity index (χ3n) is 5.33. The minimum Gasteiger partial charge on any atom is -0.481 e. The largest absolute Gasteiger partial charge is 0.481 e. The van der Waals surface area contributed by atoms with Gasteiger partial charge in [0.2, 0.25) is 0 Å². The van der Waals surface area contributed by atoms with Gasteiger partial charge in [-0.05, 0) is 30.1 Å². The number of hydrogen-bond donors (Lipinski definition) is 2. The van der Waals surface area contributed by atoms with Gasteiger partial charge >= 0.3 is 12.0 Å². The van der Waals surface area contributed by atoms with Crippen molar-refractivity contribution in [2.45, 2.75) is 52.4 Å². The topological polar surface area (TPSA) is 69.6 Å². The lowest BCUT2D eigenvalue weighted by Gasteiger charge is -2.36. The number of nitrogens with zero attached hydrogens (tertiary/aromatic N) is 1. The third kappa shape index (κ3) is 4.11. The molecule has 1 saturated heterocycles. The van der Waals surface area contributed by atoms with Crippen molar-refractivity contribution < 1.29 is 14.7 Å². The number of carboxylic acid groups (broad SMARTS) is 1. The van der Waals surface area contributed by atoms with Crippen LogP contribution in [0.15, 0.2) is 0 Å². The van der Waals surface area contributed by atoms with Crippen LogP contribution < -0.4 is 5.32 Å². The van der Waals surface area contributed by atoms with E-state index < -0.39 is 5.97 Å². The number of urea groups is 1. The fourth-order valence-electron chi connectivity index (χ4n) is 3.71. The van der Waals surface area contributed by atoms with Crippen LogP contribution in [0.3, 0.4) is 0 Å². The summed E-state index contributed by atoms with van der Waals surface area (Å²) in [6.07, 6.45) is 5.30. The Morgan fingerprint density at radius 2 is 1.71 bits per heavy atom. The first-order valence-electron chi connectivity index (χ1n) is 8.16. The van der Waals surface area contributed by atoms with Crippen LogP contribution in [0.25, 0.3) is 0 Å². The first kappa shape index (κ1) is 16.1. The minimum absolute atomic E-state index is 0.0264. The number of aliphatic carboxylic acids is 1. The molecule has 0 aromatic carbocycles. The highest BCUT2D eigenvalue weighted by Gasteiger charge is 2.36. The van der Waals surface area contributed by atoms with E-state index in [-0.39, 0.29) is 17.9 Å². The van der Waals surface area contributed by atoms with Crippen molar-refractivity contribution in [2.75, 3.05) is 19.6 Å². The third-order valence-corrected chi connectivity index (χ3v) is 5.33. The van der Waals surface area contributed by atoms with E-state index in [4.69, 9.17) is 5.11 Å². The number of rotatable bonds is 4. The van der Waals surface area contributed by atoms with Crippen LogP contribution in [0.1, 0.15) is 52.4 Å². The predicted octanol–water partition coefficient (Wildman–Crippen LogP) is 2.71. The molecule has 120 valence electrons. The van der Waals surface area contributed by atoms with E-state index in [1.54, 1.807) is 0 Å². The molecule has 0 spiro atoms. The number of carbonyl (C=O) groups excluding carboxylic acids is 1. The van der Waals surface area contributed by atoms with Gasteiger partial charge in [0.05, 0.1) is 6.42 Å². The van der Waals surface area contributed by atoms with Gasteiger partial charge in [-0.1, -0.05) is 33.1 Å². The molecule has 2 rings (SSSR count). The summed E-state index contributed by atoms with van der Waals surface area (Å²) in [4.78, 5) is 25.3. The molecule has 0 aromatic rings. The van der Waals surface area contributed by atoms with Crippen LogP contribution in [0.2, 0.25) is 0 Å². The summed E-state index contributed by atoms with van der Waals surface area (Å²) in [7, 11) is 0. The highest BCUT2D eigenvalue weighted by Crippen LogP contribution is 2.38. The SMILES string of the molecule is CC1CN(C(=O)NCC2(CC(=O)O)CCCCC2)CC1C. The Balaban J connectivity index is 1.89. The molecule has 2 aliphatic rings. The first-order chi connectivity index (χ1) is 9.92. The van der Waals surface area contributed by atoms with Crippen LogP contribution in [0, 0.1) is 17.3 Å². The zero-order valence-corrected chi connectivity index (χ0v) is 13.2. The van der Waals surface area contributed by atoms with E-state index in [0.29, 0.717) is 18.4 Å². The van der Waals surface area contributed by atoms with Crippen molar-refractivity contribution in [3.8, 4) is 0 Å². The van der Waals surface area contributed by atoms with Gasteiger partial charge in [0, 0.05) is 19.6 Å². The summed E-state index contributed by atoms with van der Waals surface area (Å²) in [5.74, 6) is 0.325. The lowest BCUT2D eigenvalue weighted by Crippen LogP contribution is -2.45. The van der Waals surface area contributed by atoms with Gasteiger partial charge in [0.15, 0.2) is 0 Å². The summed E-state index contributed by atoms with van der Waals surface area (Å²) in [5.41, 5.74) is -0.239. The zero-order chi connectivity index (χ0) is 15.5. The van der Waals surface area contributed by atoms with E-state index in [1.807, 2.05) is 4.90 Å². The molecule has 2 atom stereocenters. The van der Waals surface area contributed by atoms with Crippen molar-refractivity contribution in [2.24, 2.45) is 17.3 Å². The minimum atomic E-state index is -0.755. The first-order valence-corrected chi connectivity index (χ1v) is 8.16. The molecule has 2 amide bonds. The fourth-order valence-corrected chi connectivity index (χ4v) is 3.71. The van der Waals surface area contributed by atoms with E-state index in [1.165, 1.54) is 6.42 Å². The van der Waals surface area contributed by atoms with Crippen LogP contribution >= 0.6 is 0 Å². The monoisotopic (exact) mass is 296 g/mol. The Labute approximate surface area is 127 Å². The quantitative estimate of drug-likeness (QED) is 0.838. The fraction of sp³-hybridized carbons (Fsp3) is 0.875. The summed E-state index contributed by atoms with van der Waals surface area (Å²) >= 11 is 0. The molecule has 2 unspecified atom stereocenters. The van der Waals surface area contributed by atoms with Gasteiger partial charge in [-0.25, -0.2) is 4.79 Å². The van der Waals surface area contributed by atoms with E-state index >= 15 is 0 Å². The zero-order valence-electron chi connectivity index (χ0n) is 13.2.